The van der Waals surface area contributed by atoms with E-state index >= 15 is 0 Å². The van der Waals surface area contributed by atoms with E-state index in [4.69, 9.17) is 16.3 Å². The molecule has 1 N–H and O–H groups in total. The lowest BCUT2D eigenvalue weighted by Gasteiger charge is -2.31. The molecule has 1 saturated heterocycles. The van der Waals surface area contributed by atoms with Crippen molar-refractivity contribution < 1.29 is 9.53 Å². The third kappa shape index (κ3) is 4.49. The average molecular weight is 323 g/mol. The van der Waals surface area contributed by atoms with Crippen LogP contribution in [0.1, 0.15) is 18.4 Å². The minimum atomic E-state index is 0.0462. The third-order valence-corrected chi connectivity index (χ3v) is 4.25. The molecular weight excluding hydrogens is 300 g/mol. The summed E-state index contributed by atoms with van der Waals surface area (Å²) in [6.07, 6.45) is 5.49. The summed E-state index contributed by atoms with van der Waals surface area (Å²) >= 11 is 5.99. The molecule has 0 atom stereocenters. The first-order valence-corrected chi connectivity index (χ1v) is 7.97. The quantitative estimate of drug-likeness (QED) is 0.848. The zero-order valence-corrected chi connectivity index (χ0v) is 13.9. The van der Waals surface area contributed by atoms with Crippen LogP contribution in [0.3, 0.4) is 0 Å². The van der Waals surface area contributed by atoms with Crippen molar-refractivity contribution in [2.45, 2.75) is 12.8 Å². The highest BCUT2D eigenvalue weighted by Gasteiger charge is 2.20. The number of halogens is 1. The Hall–Kier alpha value is -1.52. The summed E-state index contributed by atoms with van der Waals surface area (Å²) < 4.78 is 5.28. The molecule has 1 aromatic carbocycles. The predicted molar refractivity (Wildman–Crippen MR) is 90.3 cm³/mol. The van der Waals surface area contributed by atoms with Gasteiger partial charge in [0.05, 0.1) is 7.11 Å². The van der Waals surface area contributed by atoms with Crippen LogP contribution in [0.15, 0.2) is 24.3 Å². The van der Waals surface area contributed by atoms with Crippen molar-refractivity contribution in [2.75, 3.05) is 33.8 Å². The van der Waals surface area contributed by atoms with Crippen LogP contribution in [0.2, 0.25) is 5.02 Å². The van der Waals surface area contributed by atoms with Crippen LogP contribution in [0.25, 0.3) is 6.08 Å². The molecule has 5 heteroatoms. The van der Waals surface area contributed by atoms with Gasteiger partial charge < -0.3 is 15.0 Å². The zero-order chi connectivity index (χ0) is 15.9. The average Bonchev–Trinajstić information content (AvgIpc) is 2.54. The van der Waals surface area contributed by atoms with Gasteiger partial charge in [-0.3, -0.25) is 4.79 Å². The van der Waals surface area contributed by atoms with Crippen molar-refractivity contribution in [1.82, 2.24) is 10.2 Å². The van der Waals surface area contributed by atoms with E-state index in [1.165, 1.54) is 0 Å². The summed E-state index contributed by atoms with van der Waals surface area (Å²) in [6.45, 7) is 2.67. The van der Waals surface area contributed by atoms with Crippen molar-refractivity contribution >= 4 is 23.6 Å². The molecule has 2 rings (SSSR count). The number of carbonyl (C=O) groups is 1. The summed E-state index contributed by atoms with van der Waals surface area (Å²) in [5.74, 6) is 1.43. The Kier molecular flexibility index (Phi) is 6.28. The highest BCUT2D eigenvalue weighted by atomic mass is 35.5. The fourth-order valence-corrected chi connectivity index (χ4v) is 2.93. The zero-order valence-electron chi connectivity index (χ0n) is 13.1. The lowest BCUT2D eigenvalue weighted by molar-refractivity contribution is -0.127. The number of hydrogen-bond acceptors (Lipinski definition) is 3. The van der Waals surface area contributed by atoms with Gasteiger partial charge in [-0.25, -0.2) is 0 Å². The monoisotopic (exact) mass is 322 g/mol. The SMILES string of the molecule is CNCC1CCN(C(=O)/C=C/c2cc(Cl)ccc2OC)CC1. The second kappa shape index (κ2) is 8.20. The highest BCUT2D eigenvalue weighted by molar-refractivity contribution is 6.30. The van der Waals surface area contributed by atoms with E-state index in [0.717, 1.165) is 38.0 Å². The largest absolute Gasteiger partial charge is 0.496 e. The molecule has 120 valence electrons. The predicted octanol–water partition coefficient (Wildman–Crippen LogP) is 2.82. The Bertz CT molecular complexity index is 537. The van der Waals surface area contributed by atoms with Gasteiger partial charge in [0.15, 0.2) is 0 Å². The molecule has 0 saturated carbocycles. The Morgan fingerprint density at radius 3 is 2.82 bits per heavy atom. The number of hydrogen-bond donors (Lipinski definition) is 1. The fraction of sp³-hybridized carbons (Fsp3) is 0.471. The Morgan fingerprint density at radius 2 is 2.18 bits per heavy atom. The lowest BCUT2D eigenvalue weighted by Crippen LogP contribution is -2.39. The van der Waals surface area contributed by atoms with Gasteiger partial charge in [0.2, 0.25) is 5.91 Å². The number of amides is 1. The second-order valence-electron chi connectivity index (χ2n) is 5.55. The Morgan fingerprint density at radius 1 is 1.45 bits per heavy atom. The number of likely N-dealkylation sites (tertiary alicyclic amines) is 1. The molecule has 0 aromatic heterocycles. The van der Waals surface area contributed by atoms with Gasteiger partial charge >= 0.3 is 0 Å². The molecular formula is C17H23ClN2O2. The number of ether oxygens (including phenoxy) is 1. The molecule has 1 aliphatic heterocycles. The summed E-state index contributed by atoms with van der Waals surface area (Å²) in [6, 6.07) is 5.37. The summed E-state index contributed by atoms with van der Waals surface area (Å²) in [5.41, 5.74) is 0.813. The number of rotatable bonds is 5. The normalized spacial score (nSPS) is 16.2. The van der Waals surface area contributed by atoms with Crippen molar-refractivity contribution in [3.8, 4) is 5.75 Å². The smallest absolute Gasteiger partial charge is 0.246 e. The van der Waals surface area contributed by atoms with Crippen LogP contribution < -0.4 is 10.1 Å². The van der Waals surface area contributed by atoms with E-state index < -0.39 is 0 Å². The van der Waals surface area contributed by atoms with Crippen LogP contribution >= 0.6 is 11.6 Å². The first kappa shape index (κ1) is 16.8. The van der Waals surface area contributed by atoms with Gasteiger partial charge in [0.1, 0.15) is 5.75 Å². The molecule has 0 bridgehead atoms. The summed E-state index contributed by atoms with van der Waals surface area (Å²) in [4.78, 5) is 14.2. The van der Waals surface area contributed by atoms with Crippen LogP contribution in [0.4, 0.5) is 0 Å². The molecule has 0 radical (unpaired) electrons. The van der Waals surface area contributed by atoms with Crippen molar-refractivity contribution in [1.29, 1.82) is 0 Å². The number of methoxy groups -OCH3 is 1. The minimum absolute atomic E-state index is 0.0462. The van der Waals surface area contributed by atoms with Crippen LogP contribution in [-0.2, 0) is 4.79 Å². The van der Waals surface area contributed by atoms with Crippen molar-refractivity contribution in [3.63, 3.8) is 0 Å². The van der Waals surface area contributed by atoms with Gasteiger partial charge in [-0.2, -0.15) is 0 Å². The molecule has 0 aliphatic carbocycles. The number of carbonyl (C=O) groups excluding carboxylic acids is 1. The molecule has 0 spiro atoms. The van der Waals surface area contributed by atoms with Gasteiger partial charge in [0.25, 0.3) is 0 Å². The third-order valence-electron chi connectivity index (χ3n) is 4.02. The van der Waals surface area contributed by atoms with Gasteiger partial charge in [-0.1, -0.05) is 11.6 Å². The number of nitrogens with one attached hydrogen (secondary N) is 1. The molecule has 1 heterocycles. The van der Waals surface area contributed by atoms with Gasteiger partial charge in [0, 0.05) is 29.8 Å². The Balaban J connectivity index is 1.96. The number of piperidine rings is 1. The van der Waals surface area contributed by atoms with E-state index in [9.17, 15) is 4.79 Å². The molecule has 4 nitrogen and oxygen atoms in total. The molecule has 1 amide bonds. The maximum absolute atomic E-state index is 12.3. The standard InChI is InChI=1S/C17H23ClN2O2/c1-19-12-13-7-9-20(10-8-13)17(21)6-3-14-11-15(18)4-5-16(14)22-2/h3-6,11,13,19H,7-10,12H2,1-2H3/b6-3+. The van der Waals surface area contributed by atoms with E-state index in [0.29, 0.717) is 16.7 Å². The summed E-state index contributed by atoms with van der Waals surface area (Å²) in [7, 11) is 3.58. The molecule has 0 unspecified atom stereocenters. The molecule has 22 heavy (non-hydrogen) atoms. The van der Waals surface area contributed by atoms with E-state index in [2.05, 4.69) is 5.32 Å². The Labute approximate surface area is 137 Å². The maximum atomic E-state index is 12.3. The van der Waals surface area contributed by atoms with Crippen LogP contribution in [0.5, 0.6) is 5.75 Å². The van der Waals surface area contributed by atoms with Gasteiger partial charge in [-0.05, 0) is 56.6 Å². The van der Waals surface area contributed by atoms with Crippen LogP contribution in [-0.4, -0.2) is 44.6 Å². The molecule has 1 aliphatic rings. The molecule has 1 fully saturated rings. The van der Waals surface area contributed by atoms with Crippen molar-refractivity contribution in [2.24, 2.45) is 5.92 Å². The number of benzene rings is 1. The fourth-order valence-electron chi connectivity index (χ4n) is 2.75. The topological polar surface area (TPSA) is 41.6 Å². The summed E-state index contributed by atoms with van der Waals surface area (Å²) in [5, 5.41) is 3.83. The van der Waals surface area contributed by atoms with E-state index in [1.807, 2.05) is 11.9 Å². The first-order chi connectivity index (χ1) is 10.6. The first-order valence-electron chi connectivity index (χ1n) is 7.59. The number of nitrogens with zero attached hydrogens (tertiary/aromatic N) is 1. The maximum Gasteiger partial charge on any atom is 0.246 e. The van der Waals surface area contributed by atoms with E-state index in [1.54, 1.807) is 37.5 Å². The van der Waals surface area contributed by atoms with Crippen LogP contribution in [0, 0.1) is 5.92 Å². The van der Waals surface area contributed by atoms with Crippen molar-refractivity contribution in [3.05, 3.63) is 34.9 Å². The minimum Gasteiger partial charge on any atom is -0.496 e. The second-order valence-corrected chi connectivity index (χ2v) is 5.98. The molecule has 1 aromatic rings. The van der Waals surface area contributed by atoms with Gasteiger partial charge in [-0.15, -0.1) is 0 Å². The lowest BCUT2D eigenvalue weighted by atomic mass is 9.97. The highest BCUT2D eigenvalue weighted by Crippen LogP contribution is 2.24. The van der Waals surface area contributed by atoms with E-state index in [-0.39, 0.29) is 5.91 Å².